The van der Waals surface area contributed by atoms with Gasteiger partial charge in [0.15, 0.2) is 17.2 Å². The zero-order chi connectivity index (χ0) is 21.8. The van der Waals surface area contributed by atoms with Crippen molar-refractivity contribution in [2.45, 2.75) is 26.7 Å². The van der Waals surface area contributed by atoms with Gasteiger partial charge in [-0.15, -0.1) is 0 Å². The minimum Gasteiger partial charge on any atom is -0.493 e. The first-order chi connectivity index (χ1) is 14.3. The second kappa shape index (κ2) is 9.18. The molecule has 0 saturated heterocycles. The number of ether oxygens (including phenoxy) is 3. The smallest absolute Gasteiger partial charge is 0.363 e. The van der Waals surface area contributed by atoms with Crippen molar-refractivity contribution in [2.24, 2.45) is 4.99 Å². The summed E-state index contributed by atoms with van der Waals surface area (Å²) in [6.45, 7) is 10.2. The van der Waals surface area contributed by atoms with Crippen LogP contribution in [0.25, 0.3) is 6.08 Å². The molecule has 30 heavy (non-hydrogen) atoms. The Morgan fingerprint density at radius 3 is 2.57 bits per heavy atom. The summed E-state index contributed by atoms with van der Waals surface area (Å²) in [6, 6.07) is 11.2. The van der Waals surface area contributed by atoms with E-state index in [1.54, 1.807) is 18.2 Å². The molecule has 0 radical (unpaired) electrons. The SMILES string of the molecule is C=C(C)COc1c(Cl)cc(/C=C2\N=C(c3ccc(C(C)C)cc3)OC2=O)cc1OC. The Kier molecular flexibility index (Phi) is 6.63. The van der Waals surface area contributed by atoms with E-state index in [1.807, 2.05) is 31.2 Å². The van der Waals surface area contributed by atoms with Crippen LogP contribution in [0.3, 0.4) is 0 Å². The average Bonchev–Trinajstić information content (AvgIpc) is 3.07. The van der Waals surface area contributed by atoms with Crippen molar-refractivity contribution in [3.63, 3.8) is 0 Å². The zero-order valence-electron chi connectivity index (χ0n) is 17.5. The maximum atomic E-state index is 12.3. The van der Waals surface area contributed by atoms with Crippen LogP contribution in [0.15, 0.2) is 59.2 Å². The molecule has 0 spiro atoms. The lowest BCUT2D eigenvalue weighted by atomic mass is 10.0. The Morgan fingerprint density at radius 1 is 1.27 bits per heavy atom. The number of benzene rings is 2. The van der Waals surface area contributed by atoms with E-state index in [2.05, 4.69) is 25.4 Å². The van der Waals surface area contributed by atoms with E-state index in [0.29, 0.717) is 34.6 Å². The molecule has 0 bridgehead atoms. The van der Waals surface area contributed by atoms with Crippen molar-refractivity contribution in [1.82, 2.24) is 0 Å². The molecule has 0 amide bonds. The predicted molar refractivity (Wildman–Crippen MR) is 119 cm³/mol. The predicted octanol–water partition coefficient (Wildman–Crippen LogP) is 5.77. The molecule has 2 aromatic rings. The second-order valence-electron chi connectivity index (χ2n) is 7.39. The van der Waals surface area contributed by atoms with Crippen LogP contribution in [0, 0.1) is 0 Å². The third-order valence-electron chi connectivity index (χ3n) is 4.46. The maximum absolute atomic E-state index is 12.3. The number of aliphatic imine (C=N–C) groups is 1. The number of nitrogens with zero attached hydrogens (tertiary/aromatic N) is 1. The largest absolute Gasteiger partial charge is 0.493 e. The molecule has 0 atom stereocenters. The summed E-state index contributed by atoms with van der Waals surface area (Å²) in [6.07, 6.45) is 1.61. The van der Waals surface area contributed by atoms with E-state index >= 15 is 0 Å². The standard InChI is InChI=1S/C24H24ClNO4/c1-14(2)13-29-22-19(25)10-16(12-21(22)28-5)11-20-24(27)30-23(26-20)18-8-6-17(7-9-18)15(3)4/h6-12,15H,1,13H2,2-5H3/b20-11-. The molecule has 0 fully saturated rings. The average molecular weight is 426 g/mol. The van der Waals surface area contributed by atoms with E-state index in [1.165, 1.54) is 12.7 Å². The number of hydrogen-bond acceptors (Lipinski definition) is 5. The van der Waals surface area contributed by atoms with E-state index < -0.39 is 5.97 Å². The van der Waals surface area contributed by atoms with Crippen LogP contribution in [-0.4, -0.2) is 25.6 Å². The number of hydrogen-bond donors (Lipinski definition) is 0. The van der Waals surface area contributed by atoms with E-state index in [9.17, 15) is 4.79 Å². The van der Waals surface area contributed by atoms with Gasteiger partial charge in [0.25, 0.3) is 0 Å². The fraction of sp³-hybridized carbons (Fsp3) is 0.250. The Bertz CT molecular complexity index is 1040. The van der Waals surface area contributed by atoms with Crippen molar-refractivity contribution >= 4 is 29.5 Å². The maximum Gasteiger partial charge on any atom is 0.363 e. The summed E-state index contributed by atoms with van der Waals surface area (Å²) in [7, 11) is 1.52. The Labute approximate surface area is 181 Å². The van der Waals surface area contributed by atoms with Gasteiger partial charge in [0.05, 0.1) is 12.1 Å². The minimum absolute atomic E-state index is 0.187. The normalized spacial score (nSPS) is 14.7. The first-order valence-electron chi connectivity index (χ1n) is 9.56. The third-order valence-corrected chi connectivity index (χ3v) is 4.74. The Balaban J connectivity index is 1.89. The summed E-state index contributed by atoms with van der Waals surface area (Å²) in [5, 5.41) is 0.363. The lowest BCUT2D eigenvalue weighted by Crippen LogP contribution is -2.05. The molecule has 1 aliphatic rings. The Hall–Kier alpha value is -3.05. The van der Waals surface area contributed by atoms with Crippen LogP contribution in [0.2, 0.25) is 5.02 Å². The lowest BCUT2D eigenvalue weighted by molar-refractivity contribution is -0.129. The highest BCUT2D eigenvalue weighted by molar-refractivity contribution is 6.32. The first-order valence-corrected chi connectivity index (χ1v) is 9.94. The van der Waals surface area contributed by atoms with Crippen LogP contribution in [0.4, 0.5) is 0 Å². The fourth-order valence-corrected chi connectivity index (χ4v) is 3.13. The quantitative estimate of drug-likeness (QED) is 0.321. The van der Waals surface area contributed by atoms with E-state index in [0.717, 1.165) is 11.1 Å². The topological polar surface area (TPSA) is 57.1 Å². The number of methoxy groups -OCH3 is 1. The molecular weight excluding hydrogens is 402 g/mol. The summed E-state index contributed by atoms with van der Waals surface area (Å²) in [5.74, 6) is 1.06. The molecule has 3 rings (SSSR count). The van der Waals surface area contributed by atoms with Crippen molar-refractivity contribution in [3.8, 4) is 11.5 Å². The molecule has 6 heteroatoms. The second-order valence-corrected chi connectivity index (χ2v) is 7.80. The van der Waals surface area contributed by atoms with Crippen LogP contribution >= 0.6 is 11.6 Å². The fourth-order valence-electron chi connectivity index (χ4n) is 2.86. The van der Waals surface area contributed by atoms with Crippen LogP contribution in [-0.2, 0) is 9.53 Å². The van der Waals surface area contributed by atoms with Crippen LogP contribution < -0.4 is 9.47 Å². The Morgan fingerprint density at radius 2 is 1.97 bits per heavy atom. The summed E-state index contributed by atoms with van der Waals surface area (Å²) >= 11 is 6.37. The van der Waals surface area contributed by atoms with Gasteiger partial charge in [-0.25, -0.2) is 9.79 Å². The van der Waals surface area contributed by atoms with Gasteiger partial charge in [0, 0.05) is 5.56 Å². The molecule has 0 unspecified atom stereocenters. The number of carbonyl (C=O) groups is 1. The van der Waals surface area contributed by atoms with Gasteiger partial charge in [-0.3, -0.25) is 0 Å². The van der Waals surface area contributed by atoms with Crippen molar-refractivity contribution in [1.29, 1.82) is 0 Å². The molecule has 2 aromatic carbocycles. The van der Waals surface area contributed by atoms with Crippen LogP contribution in [0.1, 0.15) is 43.4 Å². The summed E-state index contributed by atoms with van der Waals surface area (Å²) in [5.41, 5.74) is 3.64. The highest BCUT2D eigenvalue weighted by atomic mass is 35.5. The highest BCUT2D eigenvalue weighted by Gasteiger charge is 2.24. The number of carbonyl (C=O) groups excluding carboxylic acids is 1. The van der Waals surface area contributed by atoms with E-state index in [-0.39, 0.29) is 11.6 Å². The third kappa shape index (κ3) is 4.92. The summed E-state index contributed by atoms with van der Waals surface area (Å²) in [4.78, 5) is 16.7. The zero-order valence-corrected chi connectivity index (χ0v) is 18.2. The molecule has 1 heterocycles. The monoisotopic (exact) mass is 425 g/mol. The first kappa shape index (κ1) is 21.7. The number of cyclic esters (lactones) is 1. The summed E-state index contributed by atoms with van der Waals surface area (Å²) < 4.78 is 16.4. The minimum atomic E-state index is -0.518. The van der Waals surface area contributed by atoms with Gasteiger partial charge in [-0.2, -0.15) is 0 Å². The number of rotatable bonds is 7. The molecular formula is C24H24ClNO4. The molecule has 0 aliphatic carbocycles. The highest BCUT2D eigenvalue weighted by Crippen LogP contribution is 2.37. The van der Waals surface area contributed by atoms with Crippen molar-refractivity contribution in [2.75, 3.05) is 13.7 Å². The van der Waals surface area contributed by atoms with Gasteiger partial charge < -0.3 is 14.2 Å². The van der Waals surface area contributed by atoms with Gasteiger partial charge in [0.1, 0.15) is 6.61 Å². The van der Waals surface area contributed by atoms with Crippen LogP contribution in [0.5, 0.6) is 11.5 Å². The molecule has 1 aliphatic heterocycles. The molecule has 0 aromatic heterocycles. The molecule has 156 valence electrons. The lowest BCUT2D eigenvalue weighted by Gasteiger charge is -2.13. The van der Waals surface area contributed by atoms with Crippen molar-refractivity contribution in [3.05, 3.63) is 76.0 Å². The van der Waals surface area contributed by atoms with Gasteiger partial charge in [0.2, 0.25) is 5.90 Å². The van der Waals surface area contributed by atoms with Gasteiger partial charge >= 0.3 is 5.97 Å². The van der Waals surface area contributed by atoms with Crippen molar-refractivity contribution < 1.29 is 19.0 Å². The number of halogens is 1. The van der Waals surface area contributed by atoms with Gasteiger partial charge in [-0.05, 0) is 59.9 Å². The molecule has 5 nitrogen and oxygen atoms in total. The number of esters is 1. The molecule has 0 N–H and O–H groups in total. The van der Waals surface area contributed by atoms with Gasteiger partial charge in [-0.1, -0.05) is 44.2 Å². The van der Waals surface area contributed by atoms with E-state index in [4.69, 9.17) is 25.8 Å². The molecule has 0 saturated carbocycles.